The van der Waals surface area contributed by atoms with Gasteiger partial charge in [-0.2, -0.15) is 0 Å². The highest BCUT2D eigenvalue weighted by Gasteiger charge is 2.39. The van der Waals surface area contributed by atoms with Crippen LogP contribution in [-0.4, -0.2) is 73.1 Å². The zero-order valence-corrected chi connectivity index (χ0v) is 20.5. The number of allylic oxidation sites excluding steroid dienone is 6. The van der Waals surface area contributed by atoms with Crippen LogP contribution in [0.25, 0.3) is 0 Å². The van der Waals surface area contributed by atoms with Gasteiger partial charge in [0.1, 0.15) is 0 Å². The molecule has 0 aromatic rings. The largest absolute Gasteiger partial charge is 0.462 e. The van der Waals surface area contributed by atoms with Gasteiger partial charge in [-0.25, -0.2) is 10.6 Å². The molecule has 0 bridgehead atoms. The van der Waals surface area contributed by atoms with Gasteiger partial charge in [-0.15, -0.1) is 0 Å². The van der Waals surface area contributed by atoms with Crippen LogP contribution < -0.4 is 5.84 Å². The highest BCUT2D eigenvalue weighted by atomic mass is 16.5. The van der Waals surface area contributed by atoms with Gasteiger partial charge in [0.2, 0.25) is 5.91 Å². The van der Waals surface area contributed by atoms with Crippen LogP contribution in [0.5, 0.6) is 0 Å². The number of cyclic esters (lactones) is 1. The first kappa shape index (κ1) is 24.5. The van der Waals surface area contributed by atoms with Crippen molar-refractivity contribution in [3.63, 3.8) is 0 Å². The summed E-state index contributed by atoms with van der Waals surface area (Å²) in [6.07, 6.45) is 16.3. The van der Waals surface area contributed by atoms with Gasteiger partial charge in [-0.3, -0.25) is 9.69 Å². The number of carbonyl (C=O) groups excluding carboxylic acids is 2. The summed E-state index contributed by atoms with van der Waals surface area (Å²) in [5.41, 5.74) is 4.94. The molecular weight excluding hydrogens is 428 g/mol. The minimum Gasteiger partial charge on any atom is -0.462 e. The van der Waals surface area contributed by atoms with E-state index < -0.39 is 0 Å². The Kier molecular flexibility index (Phi) is 8.06. The molecule has 0 radical (unpaired) electrons. The van der Waals surface area contributed by atoms with E-state index in [9.17, 15) is 9.59 Å². The average molecular weight is 467 g/mol. The van der Waals surface area contributed by atoms with E-state index in [1.165, 1.54) is 22.8 Å². The average Bonchev–Trinajstić information content (AvgIpc) is 3.26. The quantitative estimate of drug-likeness (QED) is 0.381. The Balaban J connectivity index is 1.27. The van der Waals surface area contributed by atoms with E-state index in [1.54, 1.807) is 11.1 Å². The molecule has 0 aromatic heterocycles. The van der Waals surface area contributed by atoms with E-state index in [0.29, 0.717) is 18.4 Å². The lowest BCUT2D eigenvalue weighted by Gasteiger charge is -2.37. The number of fused-ring (bicyclic) bond motifs is 1. The minimum atomic E-state index is -0.286. The van der Waals surface area contributed by atoms with Gasteiger partial charge in [0.05, 0.1) is 6.61 Å². The second kappa shape index (κ2) is 11.2. The normalized spacial score (nSPS) is 30.1. The number of nitrogens with two attached hydrogens (primary N) is 1. The maximum absolute atomic E-state index is 13.3. The molecule has 2 aliphatic heterocycles. The van der Waals surface area contributed by atoms with Crippen LogP contribution in [0.15, 0.2) is 58.9 Å². The number of esters is 1. The third-order valence-electron chi connectivity index (χ3n) is 7.57. The second-order valence-electron chi connectivity index (χ2n) is 9.76. The zero-order valence-electron chi connectivity index (χ0n) is 20.5. The third kappa shape index (κ3) is 5.88. The van der Waals surface area contributed by atoms with Gasteiger partial charge in [0, 0.05) is 63.9 Å². The lowest BCUT2D eigenvalue weighted by Crippen LogP contribution is -2.51. The Morgan fingerprint density at radius 3 is 2.79 bits per heavy atom. The highest BCUT2D eigenvalue weighted by Crippen LogP contribution is 2.43. The van der Waals surface area contributed by atoms with Crippen molar-refractivity contribution >= 4 is 11.9 Å². The van der Waals surface area contributed by atoms with Crippen molar-refractivity contribution in [1.29, 1.82) is 0 Å². The number of carbonyl (C=O) groups is 2. The van der Waals surface area contributed by atoms with Crippen molar-refractivity contribution < 1.29 is 14.3 Å². The van der Waals surface area contributed by atoms with Gasteiger partial charge < -0.3 is 14.6 Å². The highest BCUT2D eigenvalue weighted by molar-refractivity contribution is 5.82. The second-order valence-corrected chi connectivity index (χ2v) is 9.76. The Bertz CT molecular complexity index is 936. The van der Waals surface area contributed by atoms with Gasteiger partial charge >= 0.3 is 5.97 Å². The van der Waals surface area contributed by atoms with Gasteiger partial charge in [0.25, 0.3) is 0 Å². The Morgan fingerprint density at radius 1 is 1.24 bits per heavy atom. The number of amides is 1. The van der Waals surface area contributed by atoms with Crippen molar-refractivity contribution in [2.45, 2.75) is 39.0 Å². The SMILES string of the molecule is CC1=C\CCOC(=O)/C=C/C=C\1CCN1CCN(C(=O)C2CCC3=CC(N(C)N)=CCC32)CC1. The Morgan fingerprint density at radius 2 is 2.03 bits per heavy atom. The van der Waals surface area contributed by atoms with Crippen molar-refractivity contribution in [2.75, 3.05) is 46.4 Å². The van der Waals surface area contributed by atoms with Crippen LogP contribution >= 0.6 is 0 Å². The minimum absolute atomic E-state index is 0.109. The molecule has 1 saturated heterocycles. The number of hydrogen-bond donors (Lipinski definition) is 1. The van der Waals surface area contributed by atoms with E-state index >= 15 is 0 Å². The standard InChI is InChI=1S/C27H38N4O3/c1-20-5-4-18-34-26(32)7-3-6-21(20)12-13-30-14-16-31(17-15-30)27(33)25-10-8-22-19-23(29(2)28)9-11-24(22)25/h3,5-7,9,19,24-25H,4,8,10-18,28H2,1-2H3/b7-3+,20-5+,21-6-. The van der Waals surface area contributed by atoms with Gasteiger partial charge in [-0.1, -0.05) is 35.5 Å². The summed E-state index contributed by atoms with van der Waals surface area (Å²) in [6.45, 7) is 6.92. The zero-order chi connectivity index (χ0) is 24.1. The molecule has 2 atom stereocenters. The summed E-state index contributed by atoms with van der Waals surface area (Å²) in [7, 11) is 1.86. The van der Waals surface area contributed by atoms with Gasteiger partial charge in [0.15, 0.2) is 0 Å². The Labute approximate surface area is 203 Å². The maximum atomic E-state index is 13.3. The lowest BCUT2D eigenvalue weighted by atomic mass is 9.85. The molecule has 4 aliphatic rings. The molecule has 7 nitrogen and oxygen atoms in total. The van der Waals surface area contributed by atoms with E-state index in [-0.39, 0.29) is 11.9 Å². The first-order valence-electron chi connectivity index (χ1n) is 12.5. The van der Waals surface area contributed by atoms with Crippen molar-refractivity contribution in [1.82, 2.24) is 14.8 Å². The van der Waals surface area contributed by atoms with Crippen LogP contribution in [0.1, 0.15) is 39.0 Å². The Hall–Kier alpha value is -2.64. The molecule has 2 unspecified atom stereocenters. The molecular formula is C27H38N4O3. The molecule has 7 heteroatoms. The molecule has 0 aromatic carbocycles. The third-order valence-corrected chi connectivity index (χ3v) is 7.57. The maximum Gasteiger partial charge on any atom is 0.330 e. The van der Waals surface area contributed by atoms with Crippen LogP contribution in [0.4, 0.5) is 0 Å². The smallest absolute Gasteiger partial charge is 0.330 e. The molecule has 2 heterocycles. The molecule has 2 aliphatic carbocycles. The molecule has 2 N–H and O–H groups in total. The lowest BCUT2D eigenvalue weighted by molar-refractivity contribution is -0.138. The van der Waals surface area contributed by atoms with Crippen LogP contribution in [0, 0.1) is 11.8 Å². The first-order valence-corrected chi connectivity index (χ1v) is 12.5. The fourth-order valence-corrected chi connectivity index (χ4v) is 5.47. The molecule has 1 saturated carbocycles. The summed E-state index contributed by atoms with van der Waals surface area (Å²) in [4.78, 5) is 29.5. The van der Waals surface area contributed by atoms with Crippen molar-refractivity contribution in [2.24, 2.45) is 17.7 Å². The molecule has 0 spiro atoms. The summed E-state index contributed by atoms with van der Waals surface area (Å²) < 4.78 is 5.11. The number of nitrogens with zero attached hydrogens (tertiary/aromatic N) is 3. The van der Waals surface area contributed by atoms with E-state index in [0.717, 1.165) is 70.5 Å². The topological polar surface area (TPSA) is 79.1 Å². The summed E-state index contributed by atoms with van der Waals surface area (Å²) in [5.74, 6) is 6.39. The van der Waals surface area contributed by atoms with Gasteiger partial charge in [-0.05, 0) is 50.2 Å². The molecule has 34 heavy (non-hydrogen) atoms. The molecule has 184 valence electrons. The number of hydrazine groups is 1. The number of ether oxygens (including phenoxy) is 1. The number of piperazine rings is 1. The fraction of sp³-hybridized carbons (Fsp3) is 0.556. The number of hydrogen-bond acceptors (Lipinski definition) is 6. The van der Waals surface area contributed by atoms with E-state index in [4.69, 9.17) is 10.6 Å². The van der Waals surface area contributed by atoms with Crippen LogP contribution in [-0.2, 0) is 14.3 Å². The number of rotatable bonds is 5. The predicted octanol–water partition coefficient (Wildman–Crippen LogP) is 2.94. The monoisotopic (exact) mass is 466 g/mol. The first-order chi connectivity index (χ1) is 16.4. The molecule has 2 fully saturated rings. The van der Waals surface area contributed by atoms with E-state index in [1.807, 2.05) is 13.1 Å². The van der Waals surface area contributed by atoms with Crippen LogP contribution in [0.3, 0.4) is 0 Å². The molecule has 4 rings (SSSR count). The summed E-state index contributed by atoms with van der Waals surface area (Å²) in [5, 5.41) is 1.66. The number of likely N-dealkylation sites (N-methyl/N-ethyl adjacent to an activating group) is 1. The van der Waals surface area contributed by atoms with Crippen molar-refractivity contribution in [3.05, 3.63) is 58.9 Å². The van der Waals surface area contributed by atoms with Crippen molar-refractivity contribution in [3.8, 4) is 0 Å². The fourth-order valence-electron chi connectivity index (χ4n) is 5.47. The van der Waals surface area contributed by atoms with Crippen LogP contribution in [0.2, 0.25) is 0 Å². The summed E-state index contributed by atoms with van der Waals surface area (Å²) in [6, 6.07) is 0. The van der Waals surface area contributed by atoms with E-state index in [2.05, 4.69) is 35.0 Å². The summed E-state index contributed by atoms with van der Waals surface area (Å²) >= 11 is 0. The molecule has 1 amide bonds. The predicted molar refractivity (Wildman–Crippen MR) is 133 cm³/mol.